The molecule has 0 aliphatic carbocycles. The van der Waals surface area contributed by atoms with Gasteiger partial charge in [-0.15, -0.1) is 22.7 Å². The van der Waals surface area contributed by atoms with Crippen molar-refractivity contribution in [2.45, 2.75) is 0 Å². The van der Waals surface area contributed by atoms with E-state index in [1.807, 2.05) is 11.3 Å². The molecule has 4 heteroatoms. The number of anilines is 3. The van der Waals surface area contributed by atoms with E-state index in [4.69, 9.17) is 4.98 Å². The molecule has 0 saturated carbocycles. The van der Waals surface area contributed by atoms with E-state index in [1.165, 1.54) is 57.5 Å². The van der Waals surface area contributed by atoms with E-state index in [2.05, 4.69) is 175 Å². The minimum atomic E-state index is 1.05. The normalized spacial score (nSPS) is 11.7. The molecule has 2 nitrogen and oxygen atoms in total. The molecular formula is C45H28N2S2. The monoisotopic (exact) mass is 660 g/mol. The maximum absolute atomic E-state index is 5.07. The molecule has 0 aliphatic rings. The van der Waals surface area contributed by atoms with Gasteiger partial charge in [-0.25, -0.2) is 4.98 Å². The highest BCUT2D eigenvalue weighted by Crippen LogP contribution is 2.47. The Morgan fingerprint density at radius 1 is 0.449 bits per heavy atom. The van der Waals surface area contributed by atoms with Crippen molar-refractivity contribution in [2.75, 3.05) is 4.90 Å². The van der Waals surface area contributed by atoms with Crippen LogP contribution in [0.2, 0.25) is 0 Å². The summed E-state index contributed by atoms with van der Waals surface area (Å²) < 4.78 is 3.82. The number of para-hydroxylation sites is 1. The van der Waals surface area contributed by atoms with Crippen LogP contribution in [0.1, 0.15) is 0 Å². The van der Waals surface area contributed by atoms with Crippen molar-refractivity contribution in [3.63, 3.8) is 0 Å². The molecule has 0 fully saturated rings. The standard InChI is InChI=1S/C45H28N2S2/c1-3-13-30(14-4-1)45-46-39-24-27-42-43(44(39)49-45)38-28-32(22-26-41(38)48-42)47(31-16-5-2-6-17-31)40-25-23-36(35-19-9-10-20-37(35)40)34-21-11-15-29-12-7-8-18-33(29)34/h1-28H. The minimum absolute atomic E-state index is 1.05. The fourth-order valence-corrected chi connectivity index (χ4v) is 9.55. The second kappa shape index (κ2) is 11.4. The average molecular weight is 661 g/mol. The number of thiazole rings is 1. The van der Waals surface area contributed by atoms with Gasteiger partial charge in [-0.3, -0.25) is 0 Å². The first-order valence-corrected chi connectivity index (χ1v) is 18.1. The number of benzene rings is 8. The van der Waals surface area contributed by atoms with E-state index in [0.29, 0.717) is 0 Å². The van der Waals surface area contributed by atoms with Gasteiger partial charge in [0.15, 0.2) is 0 Å². The molecule has 0 N–H and O–H groups in total. The lowest BCUT2D eigenvalue weighted by Crippen LogP contribution is -2.10. The highest BCUT2D eigenvalue weighted by atomic mass is 32.1. The van der Waals surface area contributed by atoms with Crippen LogP contribution in [0.5, 0.6) is 0 Å². The Hall–Kier alpha value is -5.81. The van der Waals surface area contributed by atoms with E-state index in [-0.39, 0.29) is 0 Å². The molecule has 8 aromatic carbocycles. The Balaban J connectivity index is 1.20. The van der Waals surface area contributed by atoms with Crippen molar-refractivity contribution >= 4 is 91.7 Å². The Kier molecular flexibility index (Phi) is 6.57. The third kappa shape index (κ3) is 4.64. The Bertz CT molecular complexity index is 2830. The lowest BCUT2D eigenvalue weighted by Gasteiger charge is -2.27. The summed E-state index contributed by atoms with van der Waals surface area (Å²) in [5.74, 6) is 0. The summed E-state index contributed by atoms with van der Waals surface area (Å²) in [5, 5.41) is 8.58. The zero-order chi connectivity index (χ0) is 32.3. The molecule has 0 atom stereocenters. The van der Waals surface area contributed by atoms with Crippen LogP contribution in [0, 0.1) is 0 Å². The van der Waals surface area contributed by atoms with Crippen LogP contribution in [-0.4, -0.2) is 4.98 Å². The van der Waals surface area contributed by atoms with Crippen molar-refractivity contribution in [1.29, 1.82) is 0 Å². The van der Waals surface area contributed by atoms with Gasteiger partial charge in [0, 0.05) is 42.5 Å². The summed E-state index contributed by atoms with van der Waals surface area (Å²) in [6, 6.07) is 61.4. The van der Waals surface area contributed by atoms with Crippen molar-refractivity contribution in [3.05, 3.63) is 170 Å². The Morgan fingerprint density at radius 2 is 1.14 bits per heavy atom. The smallest absolute Gasteiger partial charge is 0.124 e. The van der Waals surface area contributed by atoms with Gasteiger partial charge in [-0.1, -0.05) is 121 Å². The number of hydrogen-bond acceptors (Lipinski definition) is 4. The number of aromatic nitrogens is 1. The first-order chi connectivity index (χ1) is 24.3. The van der Waals surface area contributed by atoms with Gasteiger partial charge in [-0.2, -0.15) is 0 Å². The first-order valence-electron chi connectivity index (χ1n) is 16.5. The largest absolute Gasteiger partial charge is 0.310 e. The quantitative estimate of drug-likeness (QED) is 0.183. The summed E-state index contributed by atoms with van der Waals surface area (Å²) in [6.07, 6.45) is 0. The molecule has 2 aromatic heterocycles. The summed E-state index contributed by atoms with van der Waals surface area (Å²) in [6.45, 7) is 0. The fourth-order valence-electron chi connectivity index (χ4n) is 7.26. The molecule has 0 amide bonds. The minimum Gasteiger partial charge on any atom is -0.310 e. The van der Waals surface area contributed by atoms with Crippen LogP contribution in [0.25, 0.3) is 73.6 Å². The maximum atomic E-state index is 5.07. The van der Waals surface area contributed by atoms with Crippen LogP contribution in [0.4, 0.5) is 17.1 Å². The summed E-state index contributed by atoms with van der Waals surface area (Å²) in [4.78, 5) is 7.49. The van der Waals surface area contributed by atoms with E-state index in [9.17, 15) is 0 Å². The molecule has 0 spiro atoms. The van der Waals surface area contributed by atoms with E-state index >= 15 is 0 Å². The Morgan fingerprint density at radius 3 is 2.00 bits per heavy atom. The van der Waals surface area contributed by atoms with Gasteiger partial charge < -0.3 is 4.90 Å². The number of nitrogens with zero attached hydrogens (tertiary/aromatic N) is 2. The molecule has 0 bridgehead atoms. The molecule has 230 valence electrons. The summed E-state index contributed by atoms with van der Waals surface area (Å²) in [7, 11) is 0. The van der Waals surface area contributed by atoms with Crippen LogP contribution in [0.3, 0.4) is 0 Å². The molecule has 49 heavy (non-hydrogen) atoms. The van der Waals surface area contributed by atoms with Crippen LogP contribution < -0.4 is 4.90 Å². The zero-order valence-corrected chi connectivity index (χ0v) is 28.0. The van der Waals surface area contributed by atoms with Gasteiger partial charge in [0.1, 0.15) is 5.01 Å². The predicted molar refractivity (Wildman–Crippen MR) is 213 cm³/mol. The van der Waals surface area contributed by atoms with Gasteiger partial charge in [-0.05, 0) is 75.8 Å². The predicted octanol–water partition coefficient (Wildman–Crippen LogP) is 13.8. The highest BCUT2D eigenvalue weighted by Gasteiger charge is 2.20. The lowest BCUT2D eigenvalue weighted by molar-refractivity contribution is 1.30. The van der Waals surface area contributed by atoms with Crippen molar-refractivity contribution < 1.29 is 0 Å². The SMILES string of the molecule is c1ccc(-c2nc3ccc4sc5ccc(N(c6ccccc6)c6ccc(-c7cccc8ccccc78)c7ccccc67)cc5c4c3s2)cc1. The highest BCUT2D eigenvalue weighted by molar-refractivity contribution is 7.28. The fraction of sp³-hybridized carbons (Fsp3) is 0. The molecular weight excluding hydrogens is 633 g/mol. The first kappa shape index (κ1) is 28.2. The maximum Gasteiger partial charge on any atom is 0.124 e. The second-order valence-corrected chi connectivity index (χ2v) is 14.4. The Labute approximate surface area is 291 Å². The van der Waals surface area contributed by atoms with Gasteiger partial charge in [0.05, 0.1) is 15.9 Å². The van der Waals surface area contributed by atoms with Crippen molar-refractivity contribution in [3.8, 4) is 21.7 Å². The lowest BCUT2D eigenvalue weighted by atomic mass is 9.93. The van der Waals surface area contributed by atoms with E-state index < -0.39 is 0 Å². The molecule has 0 saturated heterocycles. The second-order valence-electron chi connectivity index (χ2n) is 12.3. The molecule has 0 radical (unpaired) electrons. The van der Waals surface area contributed by atoms with Gasteiger partial charge in [0.25, 0.3) is 0 Å². The number of thiophene rings is 1. The third-order valence-corrected chi connectivity index (χ3v) is 11.8. The number of rotatable bonds is 5. The third-order valence-electron chi connectivity index (χ3n) is 9.49. The van der Waals surface area contributed by atoms with E-state index in [0.717, 1.165) is 33.1 Å². The average Bonchev–Trinajstić information content (AvgIpc) is 3.77. The molecule has 10 rings (SSSR count). The molecule has 10 aromatic rings. The van der Waals surface area contributed by atoms with Crippen LogP contribution in [-0.2, 0) is 0 Å². The summed E-state index contributed by atoms with van der Waals surface area (Å²) >= 11 is 3.65. The van der Waals surface area contributed by atoms with Crippen molar-refractivity contribution in [2.24, 2.45) is 0 Å². The number of hydrogen-bond donors (Lipinski definition) is 0. The number of fused-ring (bicyclic) bond motifs is 7. The molecule has 2 heterocycles. The van der Waals surface area contributed by atoms with Crippen LogP contribution >= 0.6 is 22.7 Å². The van der Waals surface area contributed by atoms with E-state index in [1.54, 1.807) is 11.3 Å². The van der Waals surface area contributed by atoms with Gasteiger partial charge in [0.2, 0.25) is 0 Å². The molecule has 0 unspecified atom stereocenters. The van der Waals surface area contributed by atoms with Crippen LogP contribution in [0.15, 0.2) is 170 Å². The topological polar surface area (TPSA) is 16.1 Å². The van der Waals surface area contributed by atoms with Gasteiger partial charge >= 0.3 is 0 Å². The molecule has 0 aliphatic heterocycles. The zero-order valence-electron chi connectivity index (χ0n) is 26.4. The summed E-state index contributed by atoms with van der Waals surface area (Å²) in [5.41, 5.74) is 8.11. The van der Waals surface area contributed by atoms with Crippen molar-refractivity contribution in [1.82, 2.24) is 4.98 Å².